The van der Waals surface area contributed by atoms with Gasteiger partial charge in [-0.2, -0.15) is 0 Å². The lowest BCUT2D eigenvalue weighted by atomic mass is 10.2. The number of aromatic nitrogens is 5. The molecule has 0 spiro atoms. The molecule has 0 aromatic carbocycles. The molecule has 3 heterocycles. The van der Waals surface area contributed by atoms with Gasteiger partial charge in [-0.05, 0) is 12.1 Å². The van der Waals surface area contributed by atoms with E-state index in [1.165, 1.54) is 0 Å². The van der Waals surface area contributed by atoms with Crippen molar-refractivity contribution in [2.24, 2.45) is 0 Å². The van der Waals surface area contributed by atoms with Gasteiger partial charge in [0, 0.05) is 36.5 Å². The van der Waals surface area contributed by atoms with Crippen molar-refractivity contribution in [2.45, 2.75) is 6.54 Å². The number of hydrogen-bond donors (Lipinski definition) is 0. The summed E-state index contributed by atoms with van der Waals surface area (Å²) in [5.74, 6) is 1.45. The minimum atomic E-state index is 0.452. The Kier molecular flexibility index (Phi) is 3.62. The number of pyridine rings is 1. The second-order valence-electron chi connectivity index (χ2n) is 4.07. The number of rotatable bonds is 3. The van der Waals surface area contributed by atoms with Crippen LogP contribution in [0.15, 0.2) is 43.1 Å². The molecule has 3 rings (SSSR count). The van der Waals surface area contributed by atoms with Crippen molar-refractivity contribution in [1.29, 1.82) is 0 Å². The van der Waals surface area contributed by atoms with Crippen LogP contribution in [0.25, 0.3) is 11.4 Å². The van der Waals surface area contributed by atoms with Crippen molar-refractivity contribution in [3.8, 4) is 11.4 Å². The summed E-state index contributed by atoms with van der Waals surface area (Å²) >= 11 is 11.6. The molecular weight excluding hydrogens is 297 g/mol. The van der Waals surface area contributed by atoms with E-state index in [1.807, 2.05) is 16.8 Å². The molecule has 100 valence electrons. The van der Waals surface area contributed by atoms with E-state index in [-0.39, 0.29) is 0 Å². The summed E-state index contributed by atoms with van der Waals surface area (Å²) in [6.45, 7) is 0.509. The van der Waals surface area contributed by atoms with E-state index in [1.54, 1.807) is 30.9 Å². The first-order valence-electron chi connectivity index (χ1n) is 5.82. The van der Waals surface area contributed by atoms with Gasteiger partial charge in [0.1, 0.15) is 16.8 Å². The predicted molar refractivity (Wildman–Crippen MR) is 76.6 cm³/mol. The zero-order valence-corrected chi connectivity index (χ0v) is 11.8. The lowest BCUT2D eigenvalue weighted by molar-refractivity contribution is 0.750. The Morgan fingerprint density at radius 2 is 1.75 bits per heavy atom. The highest BCUT2D eigenvalue weighted by Gasteiger charge is 2.08. The van der Waals surface area contributed by atoms with Crippen molar-refractivity contribution in [1.82, 2.24) is 24.5 Å². The summed E-state index contributed by atoms with van der Waals surface area (Å²) in [5.41, 5.74) is 0.883. The first-order chi connectivity index (χ1) is 9.72. The molecule has 0 amide bonds. The molecule has 0 aliphatic heterocycles. The van der Waals surface area contributed by atoms with Crippen molar-refractivity contribution < 1.29 is 0 Å². The summed E-state index contributed by atoms with van der Waals surface area (Å²) in [6, 6.07) is 3.60. The van der Waals surface area contributed by atoms with Crippen LogP contribution in [0.2, 0.25) is 10.2 Å². The summed E-state index contributed by atoms with van der Waals surface area (Å²) < 4.78 is 1.94. The molecule has 0 fully saturated rings. The quantitative estimate of drug-likeness (QED) is 0.698. The fourth-order valence-electron chi connectivity index (χ4n) is 1.78. The maximum Gasteiger partial charge on any atom is 0.148 e. The third-order valence-electron chi connectivity index (χ3n) is 2.69. The van der Waals surface area contributed by atoms with Crippen LogP contribution in [0.3, 0.4) is 0 Å². The number of imidazole rings is 1. The molecule has 0 bridgehead atoms. The second kappa shape index (κ2) is 5.56. The van der Waals surface area contributed by atoms with Crippen LogP contribution >= 0.6 is 23.2 Å². The van der Waals surface area contributed by atoms with Crippen LogP contribution in [0.4, 0.5) is 0 Å². The third-order valence-corrected chi connectivity index (χ3v) is 3.11. The largest absolute Gasteiger partial charge is 0.323 e. The molecule has 0 aliphatic rings. The van der Waals surface area contributed by atoms with Crippen LogP contribution in [0.5, 0.6) is 0 Å². The van der Waals surface area contributed by atoms with E-state index in [0.29, 0.717) is 22.5 Å². The number of hydrogen-bond acceptors (Lipinski definition) is 4. The van der Waals surface area contributed by atoms with Gasteiger partial charge in [0.05, 0.1) is 11.6 Å². The third kappa shape index (κ3) is 2.79. The van der Waals surface area contributed by atoms with E-state index in [0.717, 1.165) is 11.4 Å². The topological polar surface area (TPSA) is 56.5 Å². The van der Waals surface area contributed by atoms with Crippen LogP contribution in [-0.4, -0.2) is 24.5 Å². The molecule has 0 saturated heterocycles. The highest BCUT2D eigenvalue weighted by molar-refractivity contribution is 6.30. The van der Waals surface area contributed by atoms with Gasteiger partial charge in [0.2, 0.25) is 0 Å². The Labute approximate surface area is 125 Å². The predicted octanol–water partition coefficient (Wildman–Crippen LogP) is 3.09. The number of nitrogens with zero attached hydrogens (tertiary/aromatic N) is 5. The zero-order valence-electron chi connectivity index (χ0n) is 10.2. The molecule has 0 atom stereocenters. The summed E-state index contributed by atoms with van der Waals surface area (Å²) in [5, 5.41) is 0.967. The second-order valence-corrected chi connectivity index (χ2v) is 4.89. The van der Waals surface area contributed by atoms with Crippen molar-refractivity contribution in [3.63, 3.8) is 0 Å². The zero-order chi connectivity index (χ0) is 13.9. The van der Waals surface area contributed by atoms with Crippen molar-refractivity contribution in [3.05, 3.63) is 59.1 Å². The molecule has 20 heavy (non-hydrogen) atoms. The van der Waals surface area contributed by atoms with E-state index >= 15 is 0 Å². The minimum Gasteiger partial charge on any atom is -0.323 e. The Morgan fingerprint density at radius 1 is 0.950 bits per heavy atom. The summed E-state index contributed by atoms with van der Waals surface area (Å²) in [7, 11) is 0. The van der Waals surface area contributed by atoms with Gasteiger partial charge in [-0.3, -0.25) is 0 Å². The fraction of sp³-hybridized carbons (Fsp3) is 0.0769. The molecule has 5 nitrogen and oxygen atoms in total. The van der Waals surface area contributed by atoms with Crippen LogP contribution < -0.4 is 0 Å². The van der Waals surface area contributed by atoms with Crippen LogP contribution in [0, 0.1) is 0 Å². The maximum absolute atomic E-state index is 5.79. The molecule has 0 N–H and O–H groups in total. The minimum absolute atomic E-state index is 0.452. The van der Waals surface area contributed by atoms with E-state index in [4.69, 9.17) is 23.2 Å². The lowest BCUT2D eigenvalue weighted by Gasteiger charge is -2.06. The molecule has 0 aliphatic carbocycles. The van der Waals surface area contributed by atoms with Gasteiger partial charge in [0.15, 0.2) is 0 Å². The first kappa shape index (κ1) is 13.0. The maximum atomic E-state index is 5.79. The molecule has 0 radical (unpaired) electrons. The molecule has 0 unspecified atom stereocenters. The molecule has 3 aromatic rings. The van der Waals surface area contributed by atoms with Gasteiger partial charge in [0.25, 0.3) is 0 Å². The lowest BCUT2D eigenvalue weighted by Crippen LogP contribution is -2.05. The Bertz CT molecular complexity index is 706. The van der Waals surface area contributed by atoms with Crippen LogP contribution in [-0.2, 0) is 6.54 Å². The van der Waals surface area contributed by atoms with Crippen LogP contribution in [0.1, 0.15) is 5.82 Å². The van der Waals surface area contributed by atoms with Crippen molar-refractivity contribution >= 4 is 23.2 Å². The summed E-state index contributed by atoms with van der Waals surface area (Å²) in [6.07, 6.45) is 8.42. The molecule has 0 saturated carbocycles. The van der Waals surface area contributed by atoms with E-state index < -0.39 is 0 Å². The molecule has 3 aromatic heterocycles. The van der Waals surface area contributed by atoms with Crippen molar-refractivity contribution in [2.75, 3.05) is 0 Å². The van der Waals surface area contributed by atoms with Gasteiger partial charge >= 0.3 is 0 Å². The smallest absolute Gasteiger partial charge is 0.148 e. The number of halogens is 2. The molecular formula is C13H9Cl2N5. The van der Waals surface area contributed by atoms with Gasteiger partial charge < -0.3 is 4.57 Å². The standard InChI is InChI=1S/C13H9Cl2N5/c14-10-6-18-12(19-7-10)8-20-4-3-16-13(20)9-1-2-11(15)17-5-9/h1-7H,8H2. The normalized spacial score (nSPS) is 10.7. The average molecular weight is 306 g/mol. The van der Waals surface area contributed by atoms with E-state index in [9.17, 15) is 0 Å². The fourth-order valence-corrected chi connectivity index (χ4v) is 1.99. The SMILES string of the molecule is Clc1cnc(Cn2ccnc2-c2ccc(Cl)nc2)nc1. The van der Waals surface area contributed by atoms with Gasteiger partial charge in [-0.25, -0.2) is 19.9 Å². The Hall–Kier alpha value is -1.98. The monoisotopic (exact) mass is 305 g/mol. The molecule has 7 heteroatoms. The highest BCUT2D eigenvalue weighted by atomic mass is 35.5. The highest BCUT2D eigenvalue weighted by Crippen LogP contribution is 2.18. The average Bonchev–Trinajstić information content (AvgIpc) is 2.90. The Balaban J connectivity index is 1.90. The van der Waals surface area contributed by atoms with Gasteiger partial charge in [-0.15, -0.1) is 0 Å². The first-order valence-corrected chi connectivity index (χ1v) is 6.57. The van der Waals surface area contributed by atoms with E-state index in [2.05, 4.69) is 19.9 Å². The Morgan fingerprint density at radius 3 is 2.45 bits per heavy atom. The van der Waals surface area contributed by atoms with Gasteiger partial charge in [-0.1, -0.05) is 23.2 Å². The summed E-state index contributed by atoms with van der Waals surface area (Å²) in [4.78, 5) is 16.7.